The van der Waals surface area contributed by atoms with Gasteiger partial charge in [-0.2, -0.15) is 0 Å². The van der Waals surface area contributed by atoms with Gasteiger partial charge in [0.15, 0.2) is 0 Å². The Hall–Kier alpha value is -2.94. The predicted molar refractivity (Wildman–Crippen MR) is 141 cm³/mol. The highest BCUT2D eigenvalue weighted by Gasteiger charge is 2.35. The monoisotopic (exact) mass is 517 g/mol. The highest BCUT2D eigenvalue weighted by Crippen LogP contribution is 2.24. The summed E-state index contributed by atoms with van der Waals surface area (Å²) in [6.45, 7) is 11.1. The van der Waals surface area contributed by atoms with Crippen molar-refractivity contribution in [3.63, 3.8) is 0 Å². The van der Waals surface area contributed by atoms with E-state index in [1.807, 2.05) is 34.6 Å². The highest BCUT2D eigenvalue weighted by molar-refractivity contribution is 5.97. The molecule has 0 N–H and O–H groups in total. The molecule has 1 aromatic carbocycles. The van der Waals surface area contributed by atoms with Crippen molar-refractivity contribution in [1.82, 2.24) is 14.4 Å². The average Bonchev–Trinajstić information content (AvgIpc) is 2.82. The molecule has 1 aromatic heterocycles. The molecule has 1 atom stereocenters. The number of fused-ring (bicyclic) bond motifs is 1. The number of aryl methyl sites for hydroxylation is 1. The average molecular weight is 518 g/mol. The number of methoxy groups -OCH3 is 1. The number of piperidine rings is 1. The minimum absolute atomic E-state index is 0.00735. The summed E-state index contributed by atoms with van der Waals surface area (Å²) >= 11 is 0. The Morgan fingerprint density at radius 2 is 1.95 bits per heavy atom. The van der Waals surface area contributed by atoms with Crippen molar-refractivity contribution in [1.29, 1.82) is 0 Å². The fourth-order valence-electron chi connectivity index (χ4n) is 4.91. The van der Waals surface area contributed by atoms with E-state index >= 15 is 0 Å². The Bertz CT molecular complexity index is 1170. The molecule has 2 heterocycles. The number of benzene rings is 1. The first-order valence-corrected chi connectivity index (χ1v) is 13.1. The van der Waals surface area contributed by atoms with Crippen LogP contribution in [0.3, 0.4) is 0 Å². The van der Waals surface area contributed by atoms with Gasteiger partial charge in [-0.15, -0.1) is 0 Å². The molecule has 9 heteroatoms. The summed E-state index contributed by atoms with van der Waals surface area (Å²) in [7, 11) is 1.63. The number of para-hydroxylation sites is 1. The lowest BCUT2D eigenvalue weighted by molar-refractivity contribution is 0.00748. The Balaban J connectivity index is 1.96. The number of rotatable bonds is 8. The number of carbonyl (C=O) groups excluding carboxylic acids is 2. The summed E-state index contributed by atoms with van der Waals surface area (Å²) in [5.74, 6) is -0.908. The van der Waals surface area contributed by atoms with Crippen LogP contribution in [0.2, 0.25) is 0 Å². The molecular weight excluding hydrogens is 477 g/mol. The van der Waals surface area contributed by atoms with Crippen LogP contribution in [0.4, 0.5) is 9.18 Å². The Labute approximate surface area is 218 Å². The van der Waals surface area contributed by atoms with E-state index in [9.17, 15) is 18.8 Å². The molecule has 0 radical (unpaired) electrons. The van der Waals surface area contributed by atoms with E-state index in [4.69, 9.17) is 9.47 Å². The molecule has 0 saturated carbocycles. The van der Waals surface area contributed by atoms with Gasteiger partial charge in [0.2, 0.25) is 5.43 Å². The third kappa shape index (κ3) is 6.89. The summed E-state index contributed by atoms with van der Waals surface area (Å²) < 4.78 is 27.2. The number of likely N-dealkylation sites (tertiary alicyclic amines) is 1. The van der Waals surface area contributed by atoms with E-state index in [2.05, 4.69) is 0 Å². The van der Waals surface area contributed by atoms with E-state index < -0.39 is 28.8 Å². The van der Waals surface area contributed by atoms with Gasteiger partial charge in [-0.1, -0.05) is 6.07 Å². The summed E-state index contributed by atoms with van der Waals surface area (Å²) in [6.07, 6.45) is 3.97. The van der Waals surface area contributed by atoms with Crippen LogP contribution in [-0.4, -0.2) is 70.9 Å². The number of ether oxygens (including phenoxy) is 2. The van der Waals surface area contributed by atoms with Gasteiger partial charge in [-0.25, -0.2) is 9.18 Å². The maximum absolute atomic E-state index is 14.8. The SMILES string of the molecule is COCCCCn1cc(C(=O)N(C(C)C)[C@@H]2CCCN(C(=O)OC(C)(C)C)C2)c(=O)c2cccc(F)c21. The van der Waals surface area contributed by atoms with Crippen molar-refractivity contribution < 1.29 is 23.5 Å². The van der Waals surface area contributed by atoms with E-state index in [0.717, 1.165) is 6.42 Å². The van der Waals surface area contributed by atoms with Gasteiger partial charge in [0.05, 0.1) is 11.6 Å². The standard InChI is InChI=1S/C28H40FN3O5/c1-19(2)32(20-11-10-15-31(17-20)27(35)37-28(3,4)5)26(34)22-18-30(14-7-8-16-36-6)24-21(25(22)33)12-9-13-23(24)29/h9,12-13,18-20H,7-8,10-11,14-17H2,1-6H3/t20-/m1/s1. The molecule has 204 valence electrons. The maximum atomic E-state index is 14.8. The van der Waals surface area contributed by atoms with Crippen LogP contribution in [0.5, 0.6) is 0 Å². The second-order valence-electron chi connectivity index (χ2n) is 10.9. The number of aromatic nitrogens is 1. The van der Waals surface area contributed by atoms with Crippen molar-refractivity contribution >= 4 is 22.9 Å². The number of hydrogen-bond acceptors (Lipinski definition) is 5. The molecule has 1 aliphatic heterocycles. The summed E-state index contributed by atoms with van der Waals surface area (Å²) in [6, 6.07) is 3.89. The minimum Gasteiger partial charge on any atom is -0.444 e. The molecule has 1 aliphatic rings. The van der Waals surface area contributed by atoms with Crippen molar-refractivity contribution in [2.75, 3.05) is 26.8 Å². The van der Waals surface area contributed by atoms with Gasteiger partial charge in [0, 0.05) is 51.0 Å². The second-order valence-corrected chi connectivity index (χ2v) is 10.9. The van der Waals surface area contributed by atoms with Crippen molar-refractivity contribution in [3.05, 3.63) is 46.0 Å². The second kappa shape index (κ2) is 12.1. The Kier molecular flexibility index (Phi) is 9.34. The van der Waals surface area contributed by atoms with Crippen molar-refractivity contribution in [3.8, 4) is 0 Å². The topological polar surface area (TPSA) is 81.1 Å². The van der Waals surface area contributed by atoms with E-state index in [0.29, 0.717) is 45.5 Å². The smallest absolute Gasteiger partial charge is 0.410 e. The molecule has 0 aliphatic carbocycles. The molecular formula is C28H40FN3O5. The maximum Gasteiger partial charge on any atom is 0.410 e. The fourth-order valence-corrected chi connectivity index (χ4v) is 4.91. The number of halogens is 1. The number of unbranched alkanes of at least 4 members (excludes halogenated alkanes) is 1. The zero-order valence-corrected chi connectivity index (χ0v) is 22.9. The molecule has 0 unspecified atom stereocenters. The van der Waals surface area contributed by atoms with Crippen molar-refractivity contribution in [2.45, 2.75) is 84.5 Å². The summed E-state index contributed by atoms with van der Waals surface area (Å²) in [5.41, 5.74) is -0.899. The molecule has 1 fully saturated rings. The zero-order chi connectivity index (χ0) is 27.3. The van der Waals surface area contributed by atoms with Crippen LogP contribution >= 0.6 is 0 Å². The molecule has 37 heavy (non-hydrogen) atoms. The molecule has 0 bridgehead atoms. The first-order valence-electron chi connectivity index (χ1n) is 13.1. The summed E-state index contributed by atoms with van der Waals surface area (Å²) in [4.78, 5) is 43.4. The first-order chi connectivity index (χ1) is 17.4. The third-order valence-corrected chi connectivity index (χ3v) is 6.51. The zero-order valence-electron chi connectivity index (χ0n) is 22.9. The third-order valence-electron chi connectivity index (χ3n) is 6.51. The van der Waals surface area contributed by atoms with Gasteiger partial charge in [-0.05, 0) is 72.4 Å². The molecule has 3 rings (SSSR count). The number of nitrogens with zero attached hydrogens (tertiary/aromatic N) is 3. The fraction of sp³-hybridized carbons (Fsp3) is 0.607. The Morgan fingerprint density at radius 1 is 1.22 bits per heavy atom. The quantitative estimate of drug-likeness (QED) is 0.469. The lowest BCUT2D eigenvalue weighted by Crippen LogP contribution is -2.55. The van der Waals surface area contributed by atoms with E-state index in [-0.39, 0.29) is 28.6 Å². The molecule has 2 aromatic rings. The number of amides is 2. The lowest BCUT2D eigenvalue weighted by Gasteiger charge is -2.41. The van der Waals surface area contributed by atoms with E-state index in [1.54, 1.807) is 27.5 Å². The first kappa shape index (κ1) is 28.6. The predicted octanol–water partition coefficient (Wildman–Crippen LogP) is 4.82. The largest absolute Gasteiger partial charge is 0.444 e. The van der Waals surface area contributed by atoms with Gasteiger partial charge in [0.25, 0.3) is 5.91 Å². The van der Waals surface area contributed by atoms with Crippen LogP contribution in [-0.2, 0) is 16.0 Å². The normalized spacial score (nSPS) is 16.3. The molecule has 8 nitrogen and oxygen atoms in total. The molecule has 1 saturated heterocycles. The van der Waals surface area contributed by atoms with Crippen LogP contribution in [0.15, 0.2) is 29.2 Å². The number of hydrogen-bond donors (Lipinski definition) is 0. The van der Waals surface area contributed by atoms with Crippen LogP contribution in [0.1, 0.15) is 70.7 Å². The van der Waals surface area contributed by atoms with Gasteiger partial charge in [-0.3, -0.25) is 9.59 Å². The molecule has 2 amide bonds. The van der Waals surface area contributed by atoms with Crippen molar-refractivity contribution in [2.24, 2.45) is 0 Å². The van der Waals surface area contributed by atoms with Crippen LogP contribution in [0.25, 0.3) is 10.9 Å². The van der Waals surface area contributed by atoms with Crippen LogP contribution < -0.4 is 5.43 Å². The number of carbonyl (C=O) groups is 2. The lowest BCUT2D eigenvalue weighted by atomic mass is 10.0. The summed E-state index contributed by atoms with van der Waals surface area (Å²) in [5, 5.41) is 0.181. The number of pyridine rings is 1. The molecule has 0 spiro atoms. The van der Waals surface area contributed by atoms with Gasteiger partial charge >= 0.3 is 6.09 Å². The Morgan fingerprint density at radius 3 is 2.59 bits per heavy atom. The van der Waals surface area contributed by atoms with Crippen LogP contribution in [0, 0.1) is 5.82 Å². The van der Waals surface area contributed by atoms with Gasteiger partial charge in [0.1, 0.15) is 17.0 Å². The van der Waals surface area contributed by atoms with Gasteiger partial charge < -0.3 is 23.8 Å². The van der Waals surface area contributed by atoms with E-state index in [1.165, 1.54) is 18.3 Å². The highest BCUT2D eigenvalue weighted by atomic mass is 19.1. The minimum atomic E-state index is -0.619.